The summed E-state index contributed by atoms with van der Waals surface area (Å²) in [6.45, 7) is 0. The van der Waals surface area contributed by atoms with Gasteiger partial charge in [-0.05, 0) is 40.2 Å². The summed E-state index contributed by atoms with van der Waals surface area (Å²) in [4.78, 5) is 0. The third-order valence-corrected chi connectivity index (χ3v) is 3.37. The van der Waals surface area contributed by atoms with Gasteiger partial charge in [0.05, 0.1) is 21.3 Å². The van der Waals surface area contributed by atoms with Crippen LogP contribution in [0.15, 0.2) is 28.7 Å². The summed E-state index contributed by atoms with van der Waals surface area (Å²) in [5.41, 5.74) is 0.946. The molecule has 0 aliphatic carbocycles. The highest BCUT2D eigenvalue weighted by molar-refractivity contribution is 9.10. The van der Waals surface area contributed by atoms with Crippen molar-refractivity contribution >= 4 is 21.6 Å². The molecule has 0 fully saturated rings. The molecule has 0 saturated carbocycles. The van der Waals surface area contributed by atoms with E-state index >= 15 is 0 Å². The van der Waals surface area contributed by atoms with Crippen molar-refractivity contribution < 1.29 is 43.9 Å². The molecule has 2 aromatic rings. The van der Waals surface area contributed by atoms with Crippen molar-refractivity contribution in [3.05, 3.63) is 63.1 Å². The zero-order valence-corrected chi connectivity index (χ0v) is 13.6. The van der Waals surface area contributed by atoms with Crippen LogP contribution >= 0.6 is 15.9 Å². The molecule has 0 radical (unpaired) electrons. The van der Waals surface area contributed by atoms with Gasteiger partial charge in [-0.15, -0.1) is 0 Å². The smallest absolute Gasteiger partial charge is 0.396 e. The summed E-state index contributed by atoms with van der Waals surface area (Å²) in [7, 11) is 0. The van der Waals surface area contributed by atoms with Gasteiger partial charge in [-0.25, -0.2) is 17.6 Å². The predicted molar refractivity (Wildman–Crippen MR) is 74.8 cm³/mol. The van der Waals surface area contributed by atoms with Gasteiger partial charge in [-0.3, -0.25) is 0 Å². The third kappa shape index (κ3) is 5.02. The summed E-state index contributed by atoms with van der Waals surface area (Å²) >= 11 is 2.56. The fraction of sp³-hybridized carbons (Fsp3) is 0.143. The van der Waals surface area contributed by atoms with Gasteiger partial charge >= 0.3 is 12.4 Å². The topological polar surface area (TPSA) is 26.0 Å². The molecule has 0 bridgehead atoms. The molecule has 0 unspecified atom stereocenters. The number of nitrogens with two attached hydrogens (primary N) is 1. The Balaban J connectivity index is 0.000000260. The second-order valence-electron chi connectivity index (χ2n) is 4.55. The zero-order chi connectivity index (χ0) is 20.4. The maximum absolute atomic E-state index is 12.6. The van der Waals surface area contributed by atoms with Gasteiger partial charge < -0.3 is 5.73 Å². The minimum absolute atomic E-state index is 0.335. The molecule has 0 saturated heterocycles. The van der Waals surface area contributed by atoms with E-state index < -0.39 is 52.4 Å². The van der Waals surface area contributed by atoms with Crippen LogP contribution in [-0.2, 0) is 12.4 Å². The summed E-state index contributed by atoms with van der Waals surface area (Å²) in [6.07, 6.45) is -9.77. The maximum atomic E-state index is 12.6. The predicted octanol–water partition coefficient (Wildman–Crippen LogP) is 6.31. The van der Waals surface area contributed by atoms with Crippen LogP contribution in [0.2, 0.25) is 0 Å². The van der Waals surface area contributed by atoms with Gasteiger partial charge in [0.2, 0.25) is 0 Å². The Bertz CT molecular complexity index is 730. The number of hydrogen-bond donors (Lipinski definition) is 1. The van der Waals surface area contributed by atoms with E-state index in [9.17, 15) is 43.9 Å². The molecule has 0 amide bonds. The molecule has 2 N–H and O–H groups in total. The first-order valence-corrected chi connectivity index (χ1v) is 6.98. The van der Waals surface area contributed by atoms with Crippen molar-refractivity contribution in [1.29, 1.82) is 0 Å². The molecular formula is C14H6BrF10N. The molecule has 0 aliphatic rings. The van der Waals surface area contributed by atoms with Gasteiger partial charge in [-0.2, -0.15) is 26.3 Å². The van der Waals surface area contributed by atoms with Gasteiger partial charge in [0.1, 0.15) is 0 Å². The molecule has 2 aromatic carbocycles. The van der Waals surface area contributed by atoms with Crippen LogP contribution in [0.4, 0.5) is 49.6 Å². The number of alkyl halides is 6. The SMILES string of the molecule is Fc1c(Br)ccc(C(F)(F)F)c1F.Nc1ccc(C(F)(F)F)c(F)c1F. The molecule has 0 aromatic heterocycles. The lowest BCUT2D eigenvalue weighted by atomic mass is 10.2. The van der Waals surface area contributed by atoms with Crippen molar-refractivity contribution in [3.63, 3.8) is 0 Å². The molecule has 0 spiro atoms. The van der Waals surface area contributed by atoms with E-state index in [0.29, 0.717) is 18.2 Å². The maximum Gasteiger partial charge on any atom is 0.419 e. The number of nitrogen functional groups attached to an aromatic ring is 1. The average molecular weight is 458 g/mol. The van der Waals surface area contributed by atoms with E-state index in [4.69, 9.17) is 5.73 Å². The lowest BCUT2D eigenvalue weighted by Crippen LogP contribution is -2.10. The van der Waals surface area contributed by atoms with Crippen LogP contribution in [-0.4, -0.2) is 0 Å². The first-order chi connectivity index (χ1) is 11.7. The van der Waals surface area contributed by atoms with E-state index in [0.717, 1.165) is 6.07 Å². The van der Waals surface area contributed by atoms with Gasteiger partial charge in [-0.1, -0.05) is 0 Å². The molecule has 2 rings (SSSR count). The van der Waals surface area contributed by atoms with E-state index in [2.05, 4.69) is 15.9 Å². The van der Waals surface area contributed by atoms with E-state index in [1.54, 1.807) is 0 Å². The normalized spacial score (nSPS) is 11.8. The molecule has 144 valence electrons. The summed E-state index contributed by atoms with van der Waals surface area (Å²) in [6, 6.07) is 2.35. The molecule has 12 heteroatoms. The standard InChI is InChI=1S/C7H2BrF5.C7H4F5N/c8-4-2-1-3(7(11,12)13)5(9)6(4)10;8-5-3(7(10,11)12)1-2-4(13)6(5)9/h1-2H;1-2H,13H2. The highest BCUT2D eigenvalue weighted by Gasteiger charge is 2.36. The minimum atomic E-state index is -4.90. The molecular weight excluding hydrogens is 452 g/mol. The Hall–Kier alpha value is -1.98. The van der Waals surface area contributed by atoms with Gasteiger partial charge in [0, 0.05) is 0 Å². The second kappa shape index (κ2) is 7.72. The monoisotopic (exact) mass is 457 g/mol. The Kier molecular flexibility index (Phi) is 6.55. The fourth-order valence-electron chi connectivity index (χ4n) is 1.53. The van der Waals surface area contributed by atoms with Gasteiger partial charge in [0.15, 0.2) is 23.3 Å². The van der Waals surface area contributed by atoms with Crippen molar-refractivity contribution in [3.8, 4) is 0 Å². The molecule has 0 heterocycles. The van der Waals surface area contributed by atoms with Crippen LogP contribution < -0.4 is 5.73 Å². The minimum Gasteiger partial charge on any atom is -0.396 e. The van der Waals surface area contributed by atoms with E-state index in [1.165, 1.54) is 0 Å². The quantitative estimate of drug-likeness (QED) is 0.280. The van der Waals surface area contributed by atoms with Gasteiger partial charge in [0.25, 0.3) is 0 Å². The van der Waals surface area contributed by atoms with Crippen molar-refractivity contribution in [1.82, 2.24) is 0 Å². The zero-order valence-electron chi connectivity index (χ0n) is 12.0. The number of anilines is 1. The van der Waals surface area contributed by atoms with E-state index in [-0.39, 0.29) is 4.47 Å². The van der Waals surface area contributed by atoms with Crippen LogP contribution in [0.1, 0.15) is 11.1 Å². The van der Waals surface area contributed by atoms with Crippen LogP contribution in [0.3, 0.4) is 0 Å². The van der Waals surface area contributed by atoms with E-state index in [1.807, 2.05) is 0 Å². The molecule has 0 atom stereocenters. The summed E-state index contributed by atoms with van der Waals surface area (Å²) in [5, 5.41) is 0. The molecule has 0 aliphatic heterocycles. The van der Waals surface area contributed by atoms with Crippen molar-refractivity contribution in [2.24, 2.45) is 0 Å². The lowest BCUT2D eigenvalue weighted by Gasteiger charge is -2.08. The largest absolute Gasteiger partial charge is 0.419 e. The Labute approximate surface area is 147 Å². The van der Waals surface area contributed by atoms with Crippen LogP contribution in [0.5, 0.6) is 0 Å². The summed E-state index contributed by atoms with van der Waals surface area (Å²) < 4.78 is 122. The Morgan fingerprint density at radius 2 is 1.00 bits per heavy atom. The lowest BCUT2D eigenvalue weighted by molar-refractivity contribution is -0.141. The number of hydrogen-bond acceptors (Lipinski definition) is 1. The Morgan fingerprint density at radius 1 is 0.615 bits per heavy atom. The molecule has 1 nitrogen and oxygen atoms in total. The first kappa shape index (κ1) is 22.1. The third-order valence-electron chi connectivity index (χ3n) is 2.76. The Morgan fingerprint density at radius 3 is 1.42 bits per heavy atom. The summed E-state index contributed by atoms with van der Waals surface area (Å²) in [5.74, 6) is -7.06. The van der Waals surface area contributed by atoms with Crippen LogP contribution in [0, 0.1) is 23.3 Å². The number of benzene rings is 2. The highest BCUT2D eigenvalue weighted by Crippen LogP contribution is 2.34. The average Bonchev–Trinajstić information content (AvgIpc) is 2.48. The molecule has 26 heavy (non-hydrogen) atoms. The van der Waals surface area contributed by atoms with Crippen molar-refractivity contribution in [2.75, 3.05) is 5.73 Å². The van der Waals surface area contributed by atoms with Crippen LogP contribution in [0.25, 0.3) is 0 Å². The number of rotatable bonds is 0. The fourth-order valence-corrected chi connectivity index (χ4v) is 1.83. The number of halogens is 11. The first-order valence-electron chi connectivity index (χ1n) is 6.19. The van der Waals surface area contributed by atoms with Crippen molar-refractivity contribution in [2.45, 2.75) is 12.4 Å². The second-order valence-corrected chi connectivity index (χ2v) is 5.40. The highest BCUT2D eigenvalue weighted by atomic mass is 79.9.